The quantitative estimate of drug-likeness (QED) is 0.802. The molecule has 0 bridgehead atoms. The molecule has 1 aliphatic heterocycles. The summed E-state index contributed by atoms with van der Waals surface area (Å²) < 4.78 is 0. The van der Waals surface area contributed by atoms with Crippen molar-refractivity contribution in [2.75, 3.05) is 24.6 Å². The number of benzene rings is 1. The zero-order chi connectivity index (χ0) is 10.7. The second-order valence-electron chi connectivity index (χ2n) is 3.89. The minimum atomic E-state index is 0.520. The molecule has 1 aromatic carbocycles. The van der Waals surface area contributed by atoms with E-state index >= 15 is 0 Å². The van der Waals surface area contributed by atoms with E-state index in [1.54, 1.807) is 0 Å². The number of para-hydroxylation sites is 1. The molecule has 2 rings (SSSR count). The van der Waals surface area contributed by atoms with Gasteiger partial charge >= 0.3 is 0 Å². The molecular formula is C11H15ClN2O. The lowest BCUT2D eigenvalue weighted by molar-refractivity contribution is 0.108. The van der Waals surface area contributed by atoms with Gasteiger partial charge in [-0.15, -0.1) is 0 Å². The lowest BCUT2D eigenvalue weighted by atomic mass is 10.1. The van der Waals surface area contributed by atoms with Gasteiger partial charge in [0.1, 0.15) is 0 Å². The van der Waals surface area contributed by atoms with E-state index in [0.29, 0.717) is 12.5 Å². The number of hydrogen-bond donors (Lipinski definition) is 1. The predicted molar refractivity (Wildman–Crippen MR) is 61.9 cm³/mol. The van der Waals surface area contributed by atoms with Crippen LogP contribution in [0.25, 0.3) is 0 Å². The molecule has 0 saturated carbocycles. The van der Waals surface area contributed by atoms with Gasteiger partial charge in [-0.3, -0.25) is 0 Å². The van der Waals surface area contributed by atoms with Gasteiger partial charge in [0, 0.05) is 19.0 Å². The van der Waals surface area contributed by atoms with Crippen molar-refractivity contribution in [2.24, 2.45) is 11.8 Å². The third-order valence-electron chi connectivity index (χ3n) is 2.81. The highest BCUT2D eigenvalue weighted by Crippen LogP contribution is 2.29. The first-order valence-electron chi connectivity index (χ1n) is 5.12. The fraction of sp³-hybridized carbons (Fsp3) is 0.455. The van der Waals surface area contributed by atoms with Crippen LogP contribution in [0, 0.1) is 5.92 Å². The maximum Gasteiger partial charge on any atom is 0.0724 e. The van der Waals surface area contributed by atoms with Crippen LogP contribution in [0.2, 0.25) is 5.02 Å². The Morgan fingerprint density at radius 3 is 3.00 bits per heavy atom. The van der Waals surface area contributed by atoms with Gasteiger partial charge in [-0.25, -0.2) is 5.90 Å². The fourth-order valence-corrected chi connectivity index (χ4v) is 2.29. The van der Waals surface area contributed by atoms with E-state index in [1.165, 1.54) is 0 Å². The Labute approximate surface area is 94.7 Å². The van der Waals surface area contributed by atoms with Gasteiger partial charge in [0.05, 0.1) is 17.3 Å². The van der Waals surface area contributed by atoms with Crippen LogP contribution in [-0.4, -0.2) is 19.7 Å². The predicted octanol–water partition coefficient (Wildman–Crippen LogP) is 2.06. The summed E-state index contributed by atoms with van der Waals surface area (Å²) in [6, 6.07) is 7.92. The highest BCUT2D eigenvalue weighted by Gasteiger charge is 2.23. The summed E-state index contributed by atoms with van der Waals surface area (Å²) in [5, 5.41) is 0.812. The molecule has 1 unspecified atom stereocenters. The van der Waals surface area contributed by atoms with E-state index < -0.39 is 0 Å². The molecule has 3 nitrogen and oxygen atoms in total. The highest BCUT2D eigenvalue weighted by molar-refractivity contribution is 6.33. The van der Waals surface area contributed by atoms with Crippen LogP contribution < -0.4 is 10.8 Å². The minimum Gasteiger partial charge on any atom is -0.370 e. The highest BCUT2D eigenvalue weighted by atomic mass is 35.5. The first-order valence-corrected chi connectivity index (χ1v) is 5.50. The second-order valence-corrected chi connectivity index (χ2v) is 4.29. The maximum absolute atomic E-state index is 6.13. The first kappa shape index (κ1) is 10.7. The Hall–Kier alpha value is -0.770. The fourth-order valence-electron chi connectivity index (χ4n) is 2.03. The minimum absolute atomic E-state index is 0.520. The number of anilines is 1. The van der Waals surface area contributed by atoms with E-state index in [1.807, 2.05) is 24.3 Å². The molecule has 82 valence electrons. The van der Waals surface area contributed by atoms with E-state index in [9.17, 15) is 0 Å². The lowest BCUT2D eigenvalue weighted by Crippen LogP contribution is -2.22. The Balaban J connectivity index is 2.04. The largest absolute Gasteiger partial charge is 0.370 e. The topological polar surface area (TPSA) is 38.5 Å². The van der Waals surface area contributed by atoms with Crippen LogP contribution in [0.3, 0.4) is 0 Å². The van der Waals surface area contributed by atoms with Crippen molar-refractivity contribution in [3.8, 4) is 0 Å². The molecule has 0 spiro atoms. The van der Waals surface area contributed by atoms with Crippen LogP contribution in [0.4, 0.5) is 5.69 Å². The molecule has 1 fully saturated rings. The van der Waals surface area contributed by atoms with Crippen molar-refractivity contribution in [3.05, 3.63) is 29.3 Å². The third-order valence-corrected chi connectivity index (χ3v) is 3.13. The molecule has 1 saturated heterocycles. The molecule has 1 aliphatic rings. The second kappa shape index (κ2) is 4.84. The van der Waals surface area contributed by atoms with E-state index in [2.05, 4.69) is 9.74 Å². The van der Waals surface area contributed by atoms with Crippen LogP contribution in [0.5, 0.6) is 0 Å². The van der Waals surface area contributed by atoms with Crippen molar-refractivity contribution in [1.29, 1.82) is 0 Å². The smallest absolute Gasteiger partial charge is 0.0724 e. The summed E-state index contributed by atoms with van der Waals surface area (Å²) in [5.41, 5.74) is 1.11. The van der Waals surface area contributed by atoms with Gasteiger partial charge in [-0.05, 0) is 18.6 Å². The Morgan fingerprint density at radius 2 is 2.27 bits per heavy atom. The summed E-state index contributed by atoms with van der Waals surface area (Å²) in [7, 11) is 0. The average Bonchev–Trinajstić information content (AvgIpc) is 2.68. The Bertz CT molecular complexity index is 332. The summed E-state index contributed by atoms with van der Waals surface area (Å²) >= 11 is 6.13. The van der Waals surface area contributed by atoms with E-state index in [0.717, 1.165) is 30.2 Å². The number of halogens is 1. The first-order chi connectivity index (χ1) is 7.31. The van der Waals surface area contributed by atoms with Crippen molar-refractivity contribution in [2.45, 2.75) is 6.42 Å². The monoisotopic (exact) mass is 226 g/mol. The van der Waals surface area contributed by atoms with E-state index in [4.69, 9.17) is 17.5 Å². The molecule has 1 heterocycles. The number of rotatable bonds is 3. The zero-order valence-electron chi connectivity index (χ0n) is 8.53. The van der Waals surface area contributed by atoms with E-state index in [-0.39, 0.29) is 0 Å². The van der Waals surface area contributed by atoms with Crippen LogP contribution in [0.1, 0.15) is 6.42 Å². The number of hydrogen-bond acceptors (Lipinski definition) is 3. The van der Waals surface area contributed by atoms with Crippen LogP contribution in [-0.2, 0) is 4.84 Å². The Kier molecular flexibility index (Phi) is 3.46. The summed E-state index contributed by atoms with van der Waals surface area (Å²) in [4.78, 5) is 6.96. The Morgan fingerprint density at radius 1 is 1.47 bits per heavy atom. The molecule has 0 aromatic heterocycles. The van der Waals surface area contributed by atoms with Crippen LogP contribution in [0.15, 0.2) is 24.3 Å². The van der Waals surface area contributed by atoms with Gasteiger partial charge in [-0.1, -0.05) is 23.7 Å². The summed E-state index contributed by atoms with van der Waals surface area (Å²) in [6.45, 7) is 2.62. The standard InChI is InChI=1S/C11H15ClN2O/c12-10-3-1-2-4-11(10)14-6-5-9(7-14)8-15-13/h1-4,9H,5-8,13H2. The molecule has 0 radical (unpaired) electrons. The van der Waals surface area contributed by atoms with Crippen molar-refractivity contribution < 1.29 is 4.84 Å². The SMILES string of the molecule is NOCC1CCN(c2ccccc2Cl)C1. The molecule has 0 aliphatic carbocycles. The van der Waals surface area contributed by atoms with Crippen molar-refractivity contribution in [3.63, 3.8) is 0 Å². The molecule has 4 heteroatoms. The lowest BCUT2D eigenvalue weighted by Gasteiger charge is -2.19. The molecule has 2 N–H and O–H groups in total. The van der Waals surface area contributed by atoms with Gasteiger partial charge in [0.25, 0.3) is 0 Å². The molecule has 15 heavy (non-hydrogen) atoms. The van der Waals surface area contributed by atoms with Crippen LogP contribution >= 0.6 is 11.6 Å². The van der Waals surface area contributed by atoms with Gasteiger partial charge in [0.15, 0.2) is 0 Å². The van der Waals surface area contributed by atoms with Gasteiger partial charge < -0.3 is 9.74 Å². The normalized spacial score (nSPS) is 20.9. The molecule has 1 atom stereocenters. The molecule has 0 amide bonds. The number of nitrogens with zero attached hydrogens (tertiary/aromatic N) is 1. The van der Waals surface area contributed by atoms with Gasteiger partial charge in [-0.2, -0.15) is 0 Å². The maximum atomic E-state index is 6.13. The average molecular weight is 227 g/mol. The van der Waals surface area contributed by atoms with Crippen molar-refractivity contribution in [1.82, 2.24) is 0 Å². The molecule has 1 aromatic rings. The summed E-state index contributed by atoms with van der Waals surface area (Å²) in [6.07, 6.45) is 1.11. The van der Waals surface area contributed by atoms with Crippen molar-refractivity contribution >= 4 is 17.3 Å². The zero-order valence-corrected chi connectivity index (χ0v) is 9.28. The third kappa shape index (κ3) is 2.43. The number of nitrogens with two attached hydrogens (primary N) is 1. The molecular weight excluding hydrogens is 212 g/mol. The van der Waals surface area contributed by atoms with Gasteiger partial charge in [0.2, 0.25) is 0 Å². The summed E-state index contributed by atoms with van der Waals surface area (Å²) in [5.74, 6) is 5.60.